The van der Waals surface area contributed by atoms with Crippen LogP contribution in [-0.4, -0.2) is 34.2 Å². The van der Waals surface area contributed by atoms with Gasteiger partial charge in [0.15, 0.2) is 0 Å². The highest BCUT2D eigenvalue weighted by Crippen LogP contribution is 2.42. The number of allylic oxidation sites excluding steroid dienone is 1. The van der Waals surface area contributed by atoms with Crippen LogP contribution in [-0.2, 0) is 10.0 Å². The first kappa shape index (κ1) is 21.1. The molecule has 1 amide bonds. The third kappa shape index (κ3) is 3.72. The maximum Gasteiger partial charge on any atom is 0.255 e. The fraction of sp³-hybridized carbons (Fsp3) is 0.261. The van der Waals surface area contributed by atoms with Crippen molar-refractivity contribution in [3.05, 3.63) is 66.0 Å². The van der Waals surface area contributed by atoms with E-state index in [1.165, 1.54) is 29.7 Å². The average molecular weight is 443 g/mol. The minimum atomic E-state index is -3.51. The molecule has 1 atom stereocenters. The molecule has 2 heterocycles. The Kier molecular flexibility index (Phi) is 5.35. The normalized spacial score (nSPS) is 16.6. The maximum absolute atomic E-state index is 13.4. The molecule has 0 bridgehead atoms. The van der Waals surface area contributed by atoms with E-state index >= 15 is 0 Å². The number of sulfonamides is 1. The number of hydrogen-bond donors (Lipinski definition) is 1. The highest BCUT2D eigenvalue weighted by atomic mass is 32.2. The van der Waals surface area contributed by atoms with E-state index in [0.29, 0.717) is 46.5 Å². The second-order valence-electron chi connectivity index (χ2n) is 7.62. The molecule has 4 rings (SSSR count). The van der Waals surface area contributed by atoms with E-state index in [1.54, 1.807) is 24.3 Å². The second-order valence-corrected chi connectivity index (χ2v) is 9.53. The van der Waals surface area contributed by atoms with Crippen LogP contribution >= 0.6 is 0 Å². The molecule has 1 aromatic heterocycles. The van der Waals surface area contributed by atoms with E-state index in [2.05, 4.69) is 11.9 Å². The van der Waals surface area contributed by atoms with Crippen molar-refractivity contribution in [3.8, 4) is 11.3 Å². The van der Waals surface area contributed by atoms with Gasteiger partial charge in [-0.2, -0.15) is 0 Å². The third-order valence-electron chi connectivity index (χ3n) is 5.63. The molecule has 1 aliphatic heterocycles. The van der Waals surface area contributed by atoms with E-state index < -0.39 is 15.8 Å². The van der Waals surface area contributed by atoms with Gasteiger partial charge in [-0.3, -0.25) is 9.10 Å². The lowest BCUT2D eigenvalue weighted by Gasteiger charge is -2.23. The number of rotatable bonds is 4. The van der Waals surface area contributed by atoms with Crippen LogP contribution in [0.15, 0.2) is 53.5 Å². The summed E-state index contributed by atoms with van der Waals surface area (Å²) in [5, 5.41) is 3.20. The van der Waals surface area contributed by atoms with Gasteiger partial charge < -0.3 is 9.73 Å². The number of halogens is 1. The van der Waals surface area contributed by atoms with Gasteiger partial charge in [-0.05, 0) is 48.7 Å². The van der Waals surface area contributed by atoms with Crippen molar-refractivity contribution < 1.29 is 22.0 Å². The first-order chi connectivity index (χ1) is 14.7. The van der Waals surface area contributed by atoms with Gasteiger partial charge in [0.05, 0.1) is 17.5 Å². The second kappa shape index (κ2) is 7.85. The molecule has 8 heteroatoms. The molecule has 2 aromatic carbocycles. The topological polar surface area (TPSA) is 79.6 Å². The van der Waals surface area contributed by atoms with Crippen molar-refractivity contribution in [1.29, 1.82) is 0 Å². The van der Waals surface area contributed by atoms with E-state index in [4.69, 9.17) is 4.42 Å². The fourth-order valence-electron chi connectivity index (χ4n) is 4.14. The zero-order chi connectivity index (χ0) is 22.3. The number of furan rings is 1. The largest absolute Gasteiger partial charge is 0.455 e. The molecular formula is C23H23FN2O4S. The molecule has 0 saturated carbocycles. The highest BCUT2D eigenvalue weighted by molar-refractivity contribution is 7.92. The molecule has 6 nitrogen and oxygen atoms in total. The predicted molar refractivity (Wildman–Crippen MR) is 119 cm³/mol. The van der Waals surface area contributed by atoms with Crippen molar-refractivity contribution >= 4 is 32.6 Å². The summed E-state index contributed by atoms with van der Waals surface area (Å²) in [6.45, 7) is 4.28. The molecule has 0 spiro atoms. The van der Waals surface area contributed by atoms with Gasteiger partial charge in [-0.25, -0.2) is 12.8 Å². The SMILES string of the molecule is C=CC1CCCN(S(C)(=O)=O)c2cc3oc(-c4ccc(F)cc4)c(C(=O)NC)c3cc21. The van der Waals surface area contributed by atoms with E-state index in [1.807, 2.05) is 6.07 Å². The maximum atomic E-state index is 13.4. The van der Waals surface area contributed by atoms with E-state index in [9.17, 15) is 17.6 Å². The van der Waals surface area contributed by atoms with E-state index in [-0.39, 0.29) is 11.8 Å². The Balaban J connectivity index is 2.05. The molecule has 3 aromatic rings. The van der Waals surface area contributed by atoms with Gasteiger partial charge in [0, 0.05) is 36.5 Å². The molecule has 31 heavy (non-hydrogen) atoms. The van der Waals surface area contributed by atoms with Crippen LogP contribution in [0.2, 0.25) is 0 Å². The van der Waals surface area contributed by atoms with Crippen LogP contribution in [0.4, 0.5) is 10.1 Å². The Labute approximate surface area is 180 Å². The van der Waals surface area contributed by atoms with Crippen molar-refractivity contribution in [2.45, 2.75) is 18.8 Å². The summed E-state index contributed by atoms with van der Waals surface area (Å²) in [4.78, 5) is 12.8. The number of fused-ring (bicyclic) bond motifs is 2. The fourth-order valence-corrected chi connectivity index (χ4v) is 5.11. The molecule has 0 saturated heterocycles. The van der Waals surface area contributed by atoms with Crippen LogP contribution < -0.4 is 9.62 Å². The zero-order valence-electron chi connectivity index (χ0n) is 17.3. The summed E-state index contributed by atoms with van der Waals surface area (Å²) >= 11 is 0. The minimum Gasteiger partial charge on any atom is -0.455 e. The summed E-state index contributed by atoms with van der Waals surface area (Å²) in [6.07, 6.45) is 4.41. The van der Waals surface area contributed by atoms with Gasteiger partial charge in [0.25, 0.3) is 5.91 Å². The lowest BCUT2D eigenvalue weighted by Crippen LogP contribution is -2.30. The summed E-state index contributed by atoms with van der Waals surface area (Å²) in [5.41, 5.74) is 2.56. The van der Waals surface area contributed by atoms with Crippen molar-refractivity contribution in [1.82, 2.24) is 5.32 Å². The predicted octanol–water partition coefficient (Wildman–Crippen LogP) is 4.43. The molecule has 0 fully saturated rings. The number of anilines is 1. The van der Waals surface area contributed by atoms with Gasteiger partial charge in [-0.1, -0.05) is 6.08 Å². The molecule has 1 aliphatic rings. The third-order valence-corrected chi connectivity index (χ3v) is 6.81. The standard InChI is InChI=1S/C23H23FN2O4S/c1-4-14-6-5-11-26(31(3,28)29)19-13-20-18(12-17(14)19)21(23(27)25-2)22(30-20)15-7-9-16(24)10-8-15/h4,7-10,12-14H,1,5-6,11H2,2-3H3,(H,25,27). The minimum absolute atomic E-state index is 0.0622. The molecular weight excluding hydrogens is 419 g/mol. The number of amides is 1. The summed E-state index contributed by atoms with van der Waals surface area (Å²) in [6, 6.07) is 9.17. The number of carbonyl (C=O) groups excluding carboxylic acids is 1. The zero-order valence-corrected chi connectivity index (χ0v) is 18.1. The summed E-state index contributed by atoms with van der Waals surface area (Å²) in [7, 11) is -1.98. The number of hydrogen-bond acceptors (Lipinski definition) is 4. The highest BCUT2D eigenvalue weighted by Gasteiger charge is 2.30. The quantitative estimate of drug-likeness (QED) is 0.607. The average Bonchev–Trinajstić information content (AvgIpc) is 2.99. The first-order valence-electron chi connectivity index (χ1n) is 9.93. The van der Waals surface area contributed by atoms with Crippen LogP contribution in [0.1, 0.15) is 34.7 Å². The molecule has 0 radical (unpaired) electrons. The van der Waals surface area contributed by atoms with Crippen LogP contribution in [0.25, 0.3) is 22.3 Å². The summed E-state index contributed by atoms with van der Waals surface area (Å²) < 4.78 is 45.8. The molecule has 162 valence electrons. The van der Waals surface area contributed by atoms with Gasteiger partial charge in [0.2, 0.25) is 10.0 Å². The molecule has 1 N–H and O–H groups in total. The molecule has 1 unspecified atom stereocenters. The number of nitrogens with one attached hydrogen (secondary N) is 1. The smallest absolute Gasteiger partial charge is 0.255 e. The van der Waals surface area contributed by atoms with Gasteiger partial charge in [-0.15, -0.1) is 6.58 Å². The van der Waals surface area contributed by atoms with Gasteiger partial charge in [0.1, 0.15) is 17.2 Å². The molecule has 0 aliphatic carbocycles. The lowest BCUT2D eigenvalue weighted by molar-refractivity contribution is 0.0964. The van der Waals surface area contributed by atoms with Crippen molar-refractivity contribution in [3.63, 3.8) is 0 Å². The first-order valence-corrected chi connectivity index (χ1v) is 11.8. The van der Waals surface area contributed by atoms with Gasteiger partial charge >= 0.3 is 0 Å². The van der Waals surface area contributed by atoms with Crippen molar-refractivity contribution in [2.75, 3.05) is 24.2 Å². The number of benzene rings is 2. The van der Waals surface area contributed by atoms with Crippen molar-refractivity contribution in [2.24, 2.45) is 0 Å². The number of nitrogens with zero attached hydrogens (tertiary/aromatic N) is 1. The Morgan fingerprint density at radius 1 is 1.29 bits per heavy atom. The van der Waals surface area contributed by atoms with Crippen LogP contribution in [0, 0.1) is 5.82 Å². The number of carbonyl (C=O) groups is 1. The van der Waals surface area contributed by atoms with Crippen LogP contribution in [0.3, 0.4) is 0 Å². The Bertz CT molecular complexity index is 1280. The Hall–Kier alpha value is -3.13. The van der Waals surface area contributed by atoms with Crippen LogP contribution in [0.5, 0.6) is 0 Å². The lowest BCUT2D eigenvalue weighted by atomic mass is 9.92. The Morgan fingerprint density at radius 3 is 2.61 bits per heavy atom. The summed E-state index contributed by atoms with van der Waals surface area (Å²) in [5.74, 6) is -0.504. The monoisotopic (exact) mass is 442 g/mol. The Morgan fingerprint density at radius 2 is 2.00 bits per heavy atom. The van der Waals surface area contributed by atoms with E-state index in [0.717, 1.165) is 12.0 Å².